The molecule has 0 radical (unpaired) electrons. The number of alkyl halides is 3. The molecule has 0 spiro atoms. The van der Waals surface area contributed by atoms with Crippen LogP contribution in [0.5, 0.6) is 0 Å². The Hall–Kier alpha value is -2.10. The Morgan fingerprint density at radius 3 is 2.26 bits per heavy atom. The van der Waals surface area contributed by atoms with Gasteiger partial charge in [-0.1, -0.05) is 6.92 Å². The first-order valence-corrected chi connectivity index (χ1v) is 9.06. The molecule has 3 fully saturated rings. The van der Waals surface area contributed by atoms with Crippen molar-refractivity contribution in [2.24, 2.45) is 17.8 Å². The molecule has 7 nitrogen and oxygen atoms in total. The van der Waals surface area contributed by atoms with Crippen molar-refractivity contribution in [1.29, 1.82) is 0 Å². The predicted molar refractivity (Wildman–Crippen MR) is 89.6 cm³/mol. The van der Waals surface area contributed by atoms with Gasteiger partial charge in [0, 0.05) is 38.2 Å². The number of carboxylic acids is 1. The quantitative estimate of drug-likeness (QED) is 0.791. The normalized spacial score (nSPS) is 27.5. The number of rotatable bonds is 5. The second-order valence-corrected chi connectivity index (χ2v) is 7.58. The number of aliphatic hydroxyl groups is 1. The van der Waals surface area contributed by atoms with E-state index in [1.54, 1.807) is 6.92 Å². The van der Waals surface area contributed by atoms with Gasteiger partial charge in [0.15, 0.2) is 5.69 Å². The van der Waals surface area contributed by atoms with Crippen molar-refractivity contribution < 1.29 is 28.2 Å². The van der Waals surface area contributed by atoms with Crippen molar-refractivity contribution >= 4 is 17.7 Å². The number of hydrogen-bond acceptors (Lipinski definition) is 6. The number of aliphatic carboxylic acids is 1. The number of β-amino-alcohol motifs (C(OH)–C–C–N with tert-alkyl or cyclic N) is 1. The zero-order chi connectivity index (χ0) is 19.5. The van der Waals surface area contributed by atoms with Gasteiger partial charge in [0.05, 0.1) is 6.10 Å². The van der Waals surface area contributed by atoms with Gasteiger partial charge in [-0.3, -0.25) is 4.79 Å². The Balaban J connectivity index is 1.64. The number of aromatic nitrogens is 2. The van der Waals surface area contributed by atoms with Gasteiger partial charge in [-0.2, -0.15) is 18.2 Å². The Morgan fingerprint density at radius 2 is 1.78 bits per heavy atom. The maximum absolute atomic E-state index is 13.6. The molecule has 0 amide bonds. The molecule has 2 atom stereocenters. The molecule has 27 heavy (non-hydrogen) atoms. The minimum absolute atomic E-state index is 0.0116. The second kappa shape index (κ2) is 6.22. The molecule has 1 aliphatic carbocycles. The molecule has 1 saturated carbocycles. The largest absolute Gasteiger partial charge is 0.481 e. The average Bonchev–Trinajstić information content (AvgIpc) is 3.00. The molecule has 2 aliphatic heterocycles. The summed E-state index contributed by atoms with van der Waals surface area (Å²) in [4.78, 5) is 22.4. The van der Waals surface area contributed by atoms with E-state index < -0.39 is 23.9 Å². The van der Waals surface area contributed by atoms with Crippen LogP contribution in [-0.4, -0.2) is 58.4 Å². The fraction of sp³-hybridized carbons (Fsp3) is 0.706. The van der Waals surface area contributed by atoms with Crippen molar-refractivity contribution in [1.82, 2.24) is 9.97 Å². The van der Waals surface area contributed by atoms with E-state index in [9.17, 15) is 23.1 Å². The highest BCUT2D eigenvalue weighted by atomic mass is 19.4. The van der Waals surface area contributed by atoms with Crippen LogP contribution in [0.3, 0.4) is 0 Å². The molecule has 1 aromatic rings. The highest BCUT2D eigenvalue weighted by Gasteiger charge is 2.56. The van der Waals surface area contributed by atoms with Gasteiger partial charge in [0.1, 0.15) is 5.82 Å². The van der Waals surface area contributed by atoms with Gasteiger partial charge in [-0.05, 0) is 24.2 Å². The highest BCUT2D eigenvalue weighted by Crippen LogP contribution is 2.54. The van der Waals surface area contributed by atoms with Gasteiger partial charge >= 0.3 is 12.1 Å². The van der Waals surface area contributed by atoms with Crippen LogP contribution in [-0.2, 0) is 17.4 Å². The molecule has 2 unspecified atom stereocenters. The molecule has 148 valence electrons. The molecule has 3 aliphatic rings. The molecule has 3 heterocycles. The van der Waals surface area contributed by atoms with E-state index in [-0.39, 0.29) is 61.0 Å². The lowest BCUT2D eigenvalue weighted by Crippen LogP contribution is -2.51. The van der Waals surface area contributed by atoms with Gasteiger partial charge < -0.3 is 20.0 Å². The number of hydrogen-bond donors (Lipinski definition) is 2. The monoisotopic (exact) mass is 386 g/mol. The summed E-state index contributed by atoms with van der Waals surface area (Å²) >= 11 is 0. The van der Waals surface area contributed by atoms with Crippen molar-refractivity contribution in [3.05, 3.63) is 11.3 Å². The minimum Gasteiger partial charge on any atom is -0.481 e. The summed E-state index contributed by atoms with van der Waals surface area (Å²) in [5.41, 5.74) is -0.850. The number of aliphatic hydroxyl groups excluding tert-OH is 1. The molecular formula is C17H21F3N4O3. The number of nitrogens with zero attached hydrogens (tertiary/aromatic N) is 4. The zero-order valence-corrected chi connectivity index (χ0v) is 14.8. The zero-order valence-electron chi connectivity index (χ0n) is 14.8. The van der Waals surface area contributed by atoms with E-state index in [4.69, 9.17) is 5.11 Å². The summed E-state index contributed by atoms with van der Waals surface area (Å²) in [6.45, 7) is 3.12. The fourth-order valence-corrected chi connectivity index (χ4v) is 4.37. The first-order valence-electron chi connectivity index (χ1n) is 9.06. The van der Waals surface area contributed by atoms with Crippen LogP contribution in [0.15, 0.2) is 0 Å². The summed E-state index contributed by atoms with van der Waals surface area (Å²) in [7, 11) is 0. The smallest absolute Gasteiger partial charge is 0.433 e. The molecule has 0 bridgehead atoms. The first kappa shape index (κ1) is 18.3. The third-order valence-corrected chi connectivity index (χ3v) is 5.82. The van der Waals surface area contributed by atoms with Crippen molar-refractivity contribution in [2.75, 3.05) is 36.0 Å². The maximum atomic E-state index is 13.6. The van der Waals surface area contributed by atoms with Crippen molar-refractivity contribution in [3.63, 3.8) is 0 Å². The Kier molecular flexibility index (Phi) is 4.21. The van der Waals surface area contributed by atoms with Crippen LogP contribution < -0.4 is 9.80 Å². The highest BCUT2D eigenvalue weighted by molar-refractivity contribution is 5.68. The van der Waals surface area contributed by atoms with Crippen molar-refractivity contribution in [2.45, 2.75) is 32.0 Å². The van der Waals surface area contributed by atoms with Gasteiger partial charge in [-0.25, -0.2) is 4.98 Å². The molecule has 2 saturated heterocycles. The topological polar surface area (TPSA) is 89.8 Å². The van der Waals surface area contributed by atoms with Crippen LogP contribution in [0, 0.1) is 17.8 Å². The summed E-state index contributed by atoms with van der Waals surface area (Å²) in [5.74, 6) is -0.0540. The van der Waals surface area contributed by atoms with E-state index >= 15 is 0 Å². The number of fused-ring (bicyclic) bond motifs is 1. The summed E-state index contributed by atoms with van der Waals surface area (Å²) in [6.07, 6.45) is -4.90. The number of carboxylic acid groups (broad SMARTS) is 1. The standard InChI is InChI=1S/C17H21F3N4O3/c1-2-9-14(17(18,19)20)21-16(24-4-8(25)5-24)22-15(9)23-6-11-10(3-13(26)27)12(11)7-23/h8,10-12,25H,2-7H2,1H3,(H,26,27). The van der Waals surface area contributed by atoms with Crippen LogP contribution in [0.25, 0.3) is 0 Å². The molecule has 4 rings (SSSR count). The summed E-state index contributed by atoms with van der Waals surface area (Å²) in [6, 6.07) is 0. The van der Waals surface area contributed by atoms with E-state index in [0.717, 1.165) is 0 Å². The third kappa shape index (κ3) is 3.19. The fourth-order valence-electron chi connectivity index (χ4n) is 4.37. The lowest BCUT2D eigenvalue weighted by Gasteiger charge is -2.37. The summed E-state index contributed by atoms with van der Waals surface area (Å²) < 4.78 is 40.8. The number of carbonyl (C=O) groups is 1. The van der Waals surface area contributed by atoms with E-state index in [2.05, 4.69) is 9.97 Å². The first-order chi connectivity index (χ1) is 12.7. The molecule has 1 aromatic heterocycles. The number of piperidine rings is 1. The second-order valence-electron chi connectivity index (χ2n) is 7.58. The van der Waals surface area contributed by atoms with Crippen LogP contribution in [0.1, 0.15) is 24.6 Å². The minimum atomic E-state index is -4.59. The molecule has 2 N–H and O–H groups in total. The Labute approximate surface area is 153 Å². The summed E-state index contributed by atoms with van der Waals surface area (Å²) in [5, 5.41) is 18.4. The Morgan fingerprint density at radius 1 is 1.15 bits per heavy atom. The molecular weight excluding hydrogens is 365 g/mol. The van der Waals surface area contributed by atoms with E-state index in [1.807, 2.05) is 4.90 Å². The predicted octanol–water partition coefficient (Wildman–Crippen LogP) is 1.40. The molecule has 10 heteroatoms. The Bertz CT molecular complexity index is 755. The van der Waals surface area contributed by atoms with Crippen molar-refractivity contribution in [3.8, 4) is 0 Å². The lowest BCUT2D eigenvalue weighted by atomic mass is 10.1. The maximum Gasteiger partial charge on any atom is 0.433 e. The van der Waals surface area contributed by atoms with E-state index in [0.29, 0.717) is 13.1 Å². The SMILES string of the molecule is CCc1c(N2CC3C(CC(=O)O)C3C2)nc(N2CC(O)C2)nc1C(F)(F)F. The van der Waals surface area contributed by atoms with Crippen LogP contribution >= 0.6 is 0 Å². The third-order valence-electron chi connectivity index (χ3n) is 5.82. The average molecular weight is 386 g/mol. The van der Waals surface area contributed by atoms with Gasteiger partial charge in [0.25, 0.3) is 0 Å². The lowest BCUT2D eigenvalue weighted by molar-refractivity contribution is -0.142. The van der Waals surface area contributed by atoms with Gasteiger partial charge in [-0.15, -0.1) is 0 Å². The van der Waals surface area contributed by atoms with Crippen LogP contribution in [0.2, 0.25) is 0 Å². The van der Waals surface area contributed by atoms with Gasteiger partial charge in [0.2, 0.25) is 5.95 Å². The molecule has 0 aromatic carbocycles. The number of halogens is 3. The number of anilines is 2. The van der Waals surface area contributed by atoms with Crippen LogP contribution in [0.4, 0.5) is 24.9 Å². The van der Waals surface area contributed by atoms with E-state index in [1.165, 1.54) is 4.90 Å².